The van der Waals surface area contributed by atoms with Crippen molar-refractivity contribution in [2.24, 2.45) is 0 Å². The maximum Gasteiger partial charge on any atom is 1.00 e. The van der Waals surface area contributed by atoms with Crippen LogP contribution in [0.3, 0.4) is 0 Å². The van der Waals surface area contributed by atoms with Gasteiger partial charge >= 0.3 is 24.8 Å². The van der Waals surface area contributed by atoms with Crippen molar-refractivity contribution in [2.75, 3.05) is 7.11 Å². The number of aryl methyl sites for hydroxylation is 3. The van der Waals surface area contributed by atoms with Gasteiger partial charge in [-0.05, 0) is 67.8 Å². The number of rotatable bonds is 2. The largest absolute Gasteiger partial charge is 1.00 e. The van der Waals surface area contributed by atoms with Crippen LogP contribution in [0, 0.1) is 57.9 Å². The molecule has 0 saturated heterocycles. The second kappa shape index (κ2) is 17.9. The molecular weight excluding hydrogens is 569 g/mol. The van der Waals surface area contributed by atoms with Gasteiger partial charge in [-0.3, -0.25) is 0 Å². The van der Waals surface area contributed by atoms with Crippen LogP contribution >= 0.6 is 15.9 Å². The number of aliphatic hydroxyl groups is 1. The van der Waals surface area contributed by atoms with Gasteiger partial charge in [-0.2, -0.15) is 0 Å². The smallest absolute Gasteiger partial charge is 1.00 e. The second-order valence-electron chi connectivity index (χ2n) is 7.39. The molecule has 0 aliphatic rings. The van der Waals surface area contributed by atoms with Gasteiger partial charge in [0.25, 0.3) is 0 Å². The van der Waals surface area contributed by atoms with Crippen LogP contribution in [-0.4, -0.2) is 26.6 Å². The molecule has 3 rings (SSSR count). The molecule has 12 heteroatoms. The number of halogens is 4. The Morgan fingerprint density at radius 2 is 1.26 bits per heavy atom. The normalized spacial score (nSPS) is 8.87. The van der Waals surface area contributed by atoms with E-state index in [1.165, 1.54) is 37.4 Å². The molecule has 3 aromatic carbocycles. The van der Waals surface area contributed by atoms with Gasteiger partial charge in [-0.1, -0.05) is 27.6 Å². The van der Waals surface area contributed by atoms with E-state index in [9.17, 15) is 18.0 Å². The standard InChI is InChI=1S/C10H8FNO2.C9H8FNO.C8H5BrFN.B.Li.H/c1-6-4-9(12-2)8(11)5-7(6)10(13)14-3;1-6-3-9(11-2)8(10)4-7(6)5-12;1-5-3-8(11-2)7(10)4-6(5)9;;;/h4-5H,1,3H3;3-4,12H,5H2,1H3;3-4H,1H3;;;/q;;;;+1;-1. The predicted molar refractivity (Wildman–Crippen MR) is 144 cm³/mol. The molecule has 0 aliphatic carbocycles. The number of aliphatic hydroxyl groups excluding tert-OH is 1. The fourth-order valence-electron chi connectivity index (χ4n) is 2.77. The molecule has 195 valence electrons. The summed E-state index contributed by atoms with van der Waals surface area (Å²) < 4.78 is 43.9. The number of methoxy groups -OCH3 is 1. The summed E-state index contributed by atoms with van der Waals surface area (Å²) in [6, 6.07) is 7.81. The maximum absolute atomic E-state index is 13.1. The van der Waals surface area contributed by atoms with Crippen molar-refractivity contribution in [1.82, 2.24) is 0 Å². The van der Waals surface area contributed by atoms with E-state index in [0.29, 0.717) is 15.6 Å². The molecule has 0 unspecified atom stereocenters. The molecule has 3 aromatic rings. The number of hydrogen-bond acceptors (Lipinski definition) is 3. The van der Waals surface area contributed by atoms with Gasteiger partial charge in [0.05, 0.1) is 39.0 Å². The van der Waals surface area contributed by atoms with E-state index >= 15 is 0 Å². The zero-order valence-electron chi connectivity index (χ0n) is 22.9. The number of nitrogens with zero attached hydrogens (tertiary/aromatic N) is 3. The van der Waals surface area contributed by atoms with Crippen molar-refractivity contribution in [3.8, 4) is 0 Å². The van der Waals surface area contributed by atoms with Crippen LogP contribution in [0.25, 0.3) is 14.5 Å². The summed E-state index contributed by atoms with van der Waals surface area (Å²) in [6.45, 7) is 24.9. The van der Waals surface area contributed by atoms with Crippen LogP contribution in [0.5, 0.6) is 0 Å². The first-order chi connectivity index (χ1) is 17.4. The van der Waals surface area contributed by atoms with Gasteiger partial charge in [-0.25, -0.2) is 32.5 Å². The minimum absolute atomic E-state index is 0. The Bertz CT molecular complexity index is 1460. The van der Waals surface area contributed by atoms with E-state index in [1.54, 1.807) is 13.8 Å². The molecule has 0 heterocycles. The van der Waals surface area contributed by atoms with E-state index in [2.05, 4.69) is 35.2 Å². The average molecular weight is 591 g/mol. The first-order valence-electron chi connectivity index (χ1n) is 10.3. The Morgan fingerprint density at radius 3 is 1.69 bits per heavy atom. The maximum atomic E-state index is 13.1. The van der Waals surface area contributed by atoms with Crippen LogP contribution in [0.1, 0.15) is 34.0 Å². The monoisotopic (exact) mass is 590 g/mol. The second-order valence-corrected chi connectivity index (χ2v) is 8.24. The molecule has 0 fully saturated rings. The van der Waals surface area contributed by atoms with Crippen LogP contribution in [0.4, 0.5) is 30.2 Å². The number of carbonyl (C=O) groups excluding carboxylic acids is 1. The molecule has 3 radical (unpaired) electrons. The van der Waals surface area contributed by atoms with Crippen LogP contribution in [-0.2, 0) is 11.3 Å². The van der Waals surface area contributed by atoms with Gasteiger partial charge in [0.1, 0.15) is 17.5 Å². The Balaban J connectivity index is -0.000000498. The first kappa shape index (κ1) is 37.6. The fraction of sp³-hybridized carbons (Fsp3) is 0.185. The van der Waals surface area contributed by atoms with Gasteiger partial charge in [0.2, 0.25) is 17.1 Å². The van der Waals surface area contributed by atoms with Crippen molar-refractivity contribution in [3.63, 3.8) is 0 Å². The minimum atomic E-state index is -0.703. The molecule has 0 spiro atoms. The Labute approximate surface area is 249 Å². The van der Waals surface area contributed by atoms with Crippen molar-refractivity contribution in [2.45, 2.75) is 27.4 Å². The summed E-state index contributed by atoms with van der Waals surface area (Å²) in [5, 5.41) is 8.76. The van der Waals surface area contributed by atoms with Gasteiger partial charge < -0.3 is 11.3 Å². The molecule has 0 amide bonds. The molecule has 6 nitrogen and oxygen atoms in total. The van der Waals surface area contributed by atoms with E-state index in [0.717, 1.165) is 17.2 Å². The summed E-state index contributed by atoms with van der Waals surface area (Å²) >= 11 is 3.17. The topological polar surface area (TPSA) is 59.6 Å². The number of esters is 1. The Kier molecular flexibility index (Phi) is 17.3. The summed E-state index contributed by atoms with van der Waals surface area (Å²) in [4.78, 5) is 20.1. The van der Waals surface area contributed by atoms with Crippen molar-refractivity contribution < 1.29 is 48.1 Å². The van der Waals surface area contributed by atoms with Gasteiger partial charge in [-0.15, -0.1) is 0 Å². The SMILES string of the molecule is [B].[C-]#[N+]c1cc(C)c(Br)cc1F.[C-]#[N+]c1cc(C)c(C(=O)OC)cc1F.[C-]#[N+]c1cc(C)c(CO)cc1F.[H-].[Li+]. The summed E-state index contributed by atoms with van der Waals surface area (Å²) in [5.41, 5.74) is 2.81. The van der Waals surface area contributed by atoms with E-state index in [1.807, 2.05) is 6.92 Å². The molecule has 0 aliphatic heterocycles. The summed E-state index contributed by atoms with van der Waals surface area (Å²) in [5.74, 6) is -2.35. The first-order valence-corrected chi connectivity index (χ1v) is 11.1. The fourth-order valence-corrected chi connectivity index (χ4v) is 3.09. The molecular formula is C27H22BBrF3LiN3O3. The third-order valence-corrected chi connectivity index (χ3v) is 5.72. The van der Waals surface area contributed by atoms with Gasteiger partial charge in [0, 0.05) is 12.9 Å². The number of carbonyl (C=O) groups is 1. The molecule has 1 N–H and O–H groups in total. The van der Waals surface area contributed by atoms with E-state index in [-0.39, 0.29) is 57.9 Å². The molecule has 0 aromatic heterocycles. The Morgan fingerprint density at radius 1 is 0.846 bits per heavy atom. The van der Waals surface area contributed by atoms with Crippen molar-refractivity contribution >= 4 is 47.4 Å². The third-order valence-electron chi connectivity index (χ3n) is 4.86. The average Bonchev–Trinajstić information content (AvgIpc) is 2.88. The van der Waals surface area contributed by atoms with E-state index < -0.39 is 23.4 Å². The van der Waals surface area contributed by atoms with Crippen molar-refractivity contribution in [1.29, 1.82) is 0 Å². The molecule has 0 saturated carbocycles. The number of hydrogen-bond donors (Lipinski definition) is 1. The third kappa shape index (κ3) is 10.6. The molecule has 0 bridgehead atoms. The summed E-state index contributed by atoms with van der Waals surface area (Å²) in [7, 11) is 1.22. The van der Waals surface area contributed by atoms with Crippen LogP contribution in [0.2, 0.25) is 0 Å². The Hall–Kier alpha value is -3.51. The quantitative estimate of drug-likeness (QED) is 0.264. The zero-order valence-corrected chi connectivity index (χ0v) is 23.5. The predicted octanol–water partition coefficient (Wildman–Crippen LogP) is 4.83. The number of ether oxygens (including phenoxy) is 1. The molecule has 0 atom stereocenters. The zero-order chi connectivity index (χ0) is 28.3. The minimum Gasteiger partial charge on any atom is -1.00 e. The van der Waals surface area contributed by atoms with Crippen molar-refractivity contribution in [3.05, 3.63) is 120 Å². The van der Waals surface area contributed by atoms with Gasteiger partial charge in [0.15, 0.2) is 0 Å². The van der Waals surface area contributed by atoms with E-state index in [4.69, 9.17) is 24.8 Å². The number of benzene rings is 3. The summed E-state index contributed by atoms with van der Waals surface area (Å²) in [6.07, 6.45) is 0. The van der Waals surface area contributed by atoms with Crippen LogP contribution in [0.15, 0.2) is 40.9 Å². The van der Waals surface area contributed by atoms with Crippen LogP contribution < -0.4 is 18.9 Å². The molecule has 39 heavy (non-hydrogen) atoms.